The van der Waals surface area contributed by atoms with Crippen LogP contribution in [0.1, 0.15) is 32.6 Å². The van der Waals surface area contributed by atoms with Crippen LogP contribution in [0, 0.1) is 5.92 Å². The number of rotatable bonds is 3. The van der Waals surface area contributed by atoms with Crippen molar-refractivity contribution in [2.45, 2.75) is 44.8 Å². The van der Waals surface area contributed by atoms with Crippen LogP contribution in [0.25, 0.3) is 0 Å². The topological polar surface area (TPSA) is 41.6 Å². The van der Waals surface area contributed by atoms with Gasteiger partial charge >= 0.3 is 0 Å². The lowest BCUT2D eigenvalue weighted by molar-refractivity contribution is -0.135. The Morgan fingerprint density at radius 1 is 1.53 bits per heavy atom. The van der Waals surface area contributed by atoms with Crippen molar-refractivity contribution in [3.63, 3.8) is 0 Å². The van der Waals surface area contributed by atoms with E-state index in [0.29, 0.717) is 5.92 Å². The van der Waals surface area contributed by atoms with Gasteiger partial charge in [-0.25, -0.2) is 0 Å². The molecular weight excluding hydrogens is 216 g/mol. The Hall–Kier alpha value is -0.610. The van der Waals surface area contributed by atoms with Gasteiger partial charge in [0.1, 0.15) is 0 Å². The molecule has 0 spiro atoms. The number of methoxy groups -OCH3 is 1. The number of carbonyl (C=O) groups is 1. The van der Waals surface area contributed by atoms with E-state index in [2.05, 4.69) is 12.2 Å². The van der Waals surface area contributed by atoms with Crippen molar-refractivity contribution in [1.29, 1.82) is 0 Å². The second-order valence-electron chi connectivity index (χ2n) is 5.26. The maximum Gasteiger partial charge on any atom is 0.239 e. The van der Waals surface area contributed by atoms with Gasteiger partial charge in [-0.15, -0.1) is 0 Å². The van der Waals surface area contributed by atoms with Gasteiger partial charge in [0.25, 0.3) is 0 Å². The molecule has 0 saturated carbocycles. The zero-order valence-electron chi connectivity index (χ0n) is 10.9. The summed E-state index contributed by atoms with van der Waals surface area (Å²) in [7, 11) is 1.72. The number of nitrogens with zero attached hydrogens (tertiary/aromatic N) is 1. The smallest absolute Gasteiger partial charge is 0.239 e. The minimum absolute atomic E-state index is 0.0180. The number of nitrogens with one attached hydrogen (secondary N) is 1. The normalized spacial score (nSPS) is 34.0. The summed E-state index contributed by atoms with van der Waals surface area (Å²) >= 11 is 0. The van der Waals surface area contributed by atoms with E-state index in [-0.39, 0.29) is 18.1 Å². The summed E-state index contributed by atoms with van der Waals surface area (Å²) in [6.45, 7) is 4.90. The molecule has 0 bridgehead atoms. The Morgan fingerprint density at radius 2 is 2.35 bits per heavy atom. The van der Waals surface area contributed by atoms with Crippen molar-refractivity contribution in [1.82, 2.24) is 10.2 Å². The van der Waals surface area contributed by atoms with E-state index in [0.717, 1.165) is 32.5 Å². The summed E-state index contributed by atoms with van der Waals surface area (Å²) in [6.07, 6.45) is 4.64. The average molecular weight is 240 g/mol. The number of likely N-dealkylation sites (tertiary alicyclic amines) is 1. The molecule has 0 aromatic carbocycles. The van der Waals surface area contributed by atoms with Crippen LogP contribution in [-0.2, 0) is 9.53 Å². The van der Waals surface area contributed by atoms with E-state index in [1.807, 2.05) is 4.90 Å². The summed E-state index contributed by atoms with van der Waals surface area (Å²) in [5, 5.41) is 3.27. The van der Waals surface area contributed by atoms with Crippen LogP contribution in [0.3, 0.4) is 0 Å². The van der Waals surface area contributed by atoms with Gasteiger partial charge in [-0.1, -0.05) is 13.3 Å². The Kier molecular flexibility index (Phi) is 4.40. The van der Waals surface area contributed by atoms with Gasteiger partial charge in [-0.2, -0.15) is 0 Å². The Bertz CT molecular complexity index is 270. The second-order valence-corrected chi connectivity index (χ2v) is 5.26. The molecule has 4 nitrogen and oxygen atoms in total. The number of amides is 1. The van der Waals surface area contributed by atoms with Crippen molar-refractivity contribution in [2.24, 2.45) is 5.92 Å². The molecule has 2 aliphatic heterocycles. The molecule has 2 rings (SSSR count). The molecule has 2 fully saturated rings. The monoisotopic (exact) mass is 240 g/mol. The van der Waals surface area contributed by atoms with Crippen LogP contribution in [0.4, 0.5) is 0 Å². The number of carbonyl (C=O) groups excluding carboxylic acids is 1. The summed E-state index contributed by atoms with van der Waals surface area (Å²) < 4.78 is 5.29. The minimum atomic E-state index is -0.0180. The van der Waals surface area contributed by atoms with E-state index in [4.69, 9.17) is 4.74 Å². The van der Waals surface area contributed by atoms with Gasteiger partial charge in [-0.3, -0.25) is 4.79 Å². The molecule has 17 heavy (non-hydrogen) atoms. The van der Waals surface area contributed by atoms with Crippen LogP contribution in [0.2, 0.25) is 0 Å². The second kappa shape index (κ2) is 5.83. The third-order valence-electron chi connectivity index (χ3n) is 4.13. The number of piperidine rings is 1. The fraction of sp³-hybridized carbons (Fsp3) is 0.923. The highest BCUT2D eigenvalue weighted by atomic mass is 16.5. The first kappa shape index (κ1) is 12.8. The molecule has 2 aliphatic rings. The molecule has 0 aromatic heterocycles. The zero-order valence-corrected chi connectivity index (χ0v) is 10.9. The molecule has 0 aromatic rings. The standard InChI is InChI=1S/C13H24N2O2/c1-3-10-5-4-6-15(9-10)13(16)12-7-11(17-2)8-14-12/h10-12,14H,3-9H2,1-2H3. The third-order valence-corrected chi connectivity index (χ3v) is 4.13. The molecule has 1 N–H and O–H groups in total. The summed E-state index contributed by atoms with van der Waals surface area (Å²) in [6, 6.07) is -0.0180. The molecule has 4 heteroatoms. The van der Waals surface area contributed by atoms with Crippen LogP contribution in [0.15, 0.2) is 0 Å². The third kappa shape index (κ3) is 2.99. The summed E-state index contributed by atoms with van der Waals surface area (Å²) in [4.78, 5) is 14.4. The van der Waals surface area contributed by atoms with E-state index in [9.17, 15) is 4.79 Å². The lowest BCUT2D eigenvalue weighted by Gasteiger charge is -2.34. The lowest BCUT2D eigenvalue weighted by atomic mass is 9.95. The quantitative estimate of drug-likeness (QED) is 0.800. The molecule has 3 atom stereocenters. The molecule has 0 aliphatic carbocycles. The van der Waals surface area contributed by atoms with E-state index >= 15 is 0 Å². The predicted octanol–water partition coefficient (Wildman–Crippen LogP) is 1.01. The average Bonchev–Trinajstić information content (AvgIpc) is 2.86. The SMILES string of the molecule is CCC1CCCN(C(=O)C2CC(OC)CN2)C1. The van der Waals surface area contributed by atoms with E-state index < -0.39 is 0 Å². The fourth-order valence-corrected chi connectivity index (χ4v) is 2.89. The largest absolute Gasteiger partial charge is 0.380 e. The maximum absolute atomic E-state index is 12.3. The summed E-state index contributed by atoms with van der Waals surface area (Å²) in [5.74, 6) is 0.982. The van der Waals surface area contributed by atoms with E-state index in [1.54, 1.807) is 7.11 Å². The first-order valence-electron chi connectivity index (χ1n) is 6.79. The highest BCUT2D eigenvalue weighted by molar-refractivity contribution is 5.82. The summed E-state index contributed by atoms with van der Waals surface area (Å²) in [5.41, 5.74) is 0. The van der Waals surface area contributed by atoms with Crippen LogP contribution in [-0.4, -0.2) is 49.7 Å². The van der Waals surface area contributed by atoms with Crippen molar-refractivity contribution in [3.8, 4) is 0 Å². The van der Waals surface area contributed by atoms with Crippen molar-refractivity contribution < 1.29 is 9.53 Å². The number of ether oxygens (including phenoxy) is 1. The van der Waals surface area contributed by atoms with Crippen molar-refractivity contribution in [3.05, 3.63) is 0 Å². The van der Waals surface area contributed by atoms with Gasteiger partial charge in [0.05, 0.1) is 12.1 Å². The van der Waals surface area contributed by atoms with Gasteiger partial charge in [0.2, 0.25) is 5.91 Å². The zero-order chi connectivity index (χ0) is 12.3. The molecule has 2 heterocycles. The number of hydrogen-bond acceptors (Lipinski definition) is 3. The molecule has 98 valence electrons. The first-order valence-corrected chi connectivity index (χ1v) is 6.79. The molecular formula is C13H24N2O2. The Labute approximate surface area is 104 Å². The van der Waals surface area contributed by atoms with E-state index in [1.165, 1.54) is 12.8 Å². The predicted molar refractivity (Wildman–Crippen MR) is 66.8 cm³/mol. The fourth-order valence-electron chi connectivity index (χ4n) is 2.89. The van der Waals surface area contributed by atoms with Crippen molar-refractivity contribution >= 4 is 5.91 Å². The van der Waals surface area contributed by atoms with Gasteiger partial charge in [-0.05, 0) is 25.2 Å². The van der Waals surface area contributed by atoms with Crippen molar-refractivity contribution in [2.75, 3.05) is 26.7 Å². The van der Waals surface area contributed by atoms with Gasteiger partial charge in [0, 0.05) is 26.7 Å². The molecule has 0 radical (unpaired) electrons. The van der Waals surface area contributed by atoms with Gasteiger partial charge < -0.3 is 15.0 Å². The number of hydrogen-bond donors (Lipinski definition) is 1. The highest BCUT2D eigenvalue weighted by Crippen LogP contribution is 2.21. The molecule has 2 saturated heterocycles. The van der Waals surface area contributed by atoms with Crippen LogP contribution in [0.5, 0.6) is 0 Å². The minimum Gasteiger partial charge on any atom is -0.380 e. The first-order chi connectivity index (χ1) is 8.24. The van der Waals surface area contributed by atoms with Crippen LogP contribution >= 0.6 is 0 Å². The lowest BCUT2D eigenvalue weighted by Crippen LogP contribution is -2.47. The molecule has 1 amide bonds. The van der Waals surface area contributed by atoms with Gasteiger partial charge in [0.15, 0.2) is 0 Å². The Morgan fingerprint density at radius 3 is 3.00 bits per heavy atom. The molecule has 3 unspecified atom stereocenters. The van der Waals surface area contributed by atoms with Crippen LogP contribution < -0.4 is 5.32 Å². The maximum atomic E-state index is 12.3. The highest BCUT2D eigenvalue weighted by Gasteiger charge is 2.33. The Balaban J connectivity index is 1.87.